The molecule has 0 fully saturated rings. The van der Waals surface area contributed by atoms with Gasteiger partial charge in [0.05, 0.1) is 0 Å². The van der Waals surface area contributed by atoms with Gasteiger partial charge in [-0.3, -0.25) is 0 Å². The average Bonchev–Trinajstić information content (AvgIpc) is 2.78. The average molecular weight is 518 g/mol. The molecule has 0 aliphatic heterocycles. The van der Waals surface area contributed by atoms with Crippen molar-refractivity contribution in [1.29, 1.82) is 0 Å². The van der Waals surface area contributed by atoms with E-state index in [4.69, 9.17) is 14.5 Å². The van der Waals surface area contributed by atoms with Crippen molar-refractivity contribution in [3.63, 3.8) is 0 Å². The van der Waals surface area contributed by atoms with Crippen LogP contribution < -0.4 is 13.2 Å². The van der Waals surface area contributed by atoms with E-state index in [2.05, 4.69) is 52.0 Å². The van der Waals surface area contributed by atoms with Gasteiger partial charge in [0, 0.05) is 0 Å². The number of rotatable bonds is 14. The first kappa shape index (κ1) is 25.0. The Balaban J connectivity index is 2.36. The molecular weight excluding hydrogens is 477 g/mol. The minimum absolute atomic E-state index is 0.582. The molecule has 0 radical (unpaired) electrons. The standard InChI is InChI=1S/C14H14NO2.3C4H9.Sn/c1-11-3-6-14(9-15-11)17-10-12-4-7-13(16-2)8-5-12;3*1-3-4-2;/h3-8H,10H2,1-2H3;3*1,3-4H2,2H3;. The number of hydrogen-bond donors (Lipinski definition) is 0. The molecule has 0 N–H and O–H groups in total. The second-order valence-electron chi connectivity index (χ2n) is 8.53. The third kappa shape index (κ3) is 7.18. The van der Waals surface area contributed by atoms with Crippen molar-refractivity contribution >= 4 is 22.1 Å². The number of ether oxygens (including phenoxy) is 2. The molecule has 0 bridgehead atoms. The van der Waals surface area contributed by atoms with Crippen molar-refractivity contribution in [3.05, 3.63) is 47.7 Å². The van der Waals surface area contributed by atoms with E-state index in [1.807, 2.05) is 12.1 Å². The SMILES string of the molecule is CCC[CH2][Sn]([CH2]CCC)([CH2]CCC)[c]1nc(C)ccc1OCc1ccc(OC)cc1. The van der Waals surface area contributed by atoms with E-state index >= 15 is 0 Å². The van der Waals surface area contributed by atoms with Gasteiger partial charge in [0.1, 0.15) is 0 Å². The monoisotopic (exact) mass is 519 g/mol. The number of aryl methyl sites for hydroxylation is 1. The topological polar surface area (TPSA) is 31.4 Å². The summed E-state index contributed by atoms with van der Waals surface area (Å²) in [6.45, 7) is 9.68. The second kappa shape index (κ2) is 13.2. The molecular formula is C26H41NO2Sn. The molecule has 1 aromatic carbocycles. The molecule has 30 heavy (non-hydrogen) atoms. The molecule has 2 aromatic rings. The molecule has 0 spiro atoms. The van der Waals surface area contributed by atoms with Gasteiger partial charge in [-0.1, -0.05) is 0 Å². The van der Waals surface area contributed by atoms with Crippen LogP contribution in [0.2, 0.25) is 13.3 Å². The van der Waals surface area contributed by atoms with Crippen LogP contribution >= 0.6 is 0 Å². The number of pyridine rings is 1. The van der Waals surface area contributed by atoms with Crippen LogP contribution in [-0.2, 0) is 6.61 Å². The summed E-state index contributed by atoms with van der Waals surface area (Å²) in [5.74, 6) is 1.93. The van der Waals surface area contributed by atoms with Crippen LogP contribution in [0, 0.1) is 6.92 Å². The van der Waals surface area contributed by atoms with E-state index in [-0.39, 0.29) is 0 Å². The van der Waals surface area contributed by atoms with Crippen LogP contribution in [-0.4, -0.2) is 30.5 Å². The first-order valence-corrected chi connectivity index (χ1v) is 19.3. The third-order valence-corrected chi connectivity index (χ3v) is 21.2. The summed E-state index contributed by atoms with van der Waals surface area (Å²) in [4.78, 5) is 5.19. The van der Waals surface area contributed by atoms with Crippen LogP contribution in [0.25, 0.3) is 0 Å². The fourth-order valence-corrected chi connectivity index (χ4v) is 20.3. The van der Waals surface area contributed by atoms with E-state index in [0.29, 0.717) is 6.61 Å². The van der Waals surface area contributed by atoms with Gasteiger partial charge in [0.2, 0.25) is 0 Å². The fraction of sp³-hybridized carbons (Fsp3) is 0.577. The Labute approximate surface area is 188 Å². The Morgan fingerprint density at radius 1 is 0.800 bits per heavy atom. The van der Waals surface area contributed by atoms with Crippen molar-refractivity contribution in [2.45, 2.75) is 86.1 Å². The maximum atomic E-state index is 6.45. The van der Waals surface area contributed by atoms with Gasteiger partial charge in [0.25, 0.3) is 0 Å². The van der Waals surface area contributed by atoms with Crippen LogP contribution in [0.3, 0.4) is 0 Å². The number of methoxy groups -OCH3 is 1. The van der Waals surface area contributed by atoms with Crippen molar-refractivity contribution in [2.75, 3.05) is 7.11 Å². The molecule has 0 unspecified atom stereocenters. The van der Waals surface area contributed by atoms with Crippen molar-refractivity contribution in [3.8, 4) is 11.5 Å². The van der Waals surface area contributed by atoms with E-state index in [0.717, 1.165) is 17.2 Å². The predicted octanol–water partition coefficient (Wildman–Crippen LogP) is 7.03. The molecule has 0 amide bonds. The van der Waals surface area contributed by atoms with E-state index in [9.17, 15) is 0 Å². The molecule has 4 heteroatoms. The molecule has 1 aromatic heterocycles. The van der Waals surface area contributed by atoms with Crippen LogP contribution in [0.5, 0.6) is 11.5 Å². The van der Waals surface area contributed by atoms with E-state index < -0.39 is 18.4 Å². The van der Waals surface area contributed by atoms with Gasteiger partial charge in [-0.15, -0.1) is 0 Å². The maximum absolute atomic E-state index is 6.45. The zero-order valence-electron chi connectivity index (χ0n) is 19.8. The number of aromatic nitrogens is 1. The molecule has 0 aliphatic carbocycles. The summed E-state index contributed by atoms with van der Waals surface area (Å²) < 4.78 is 17.3. The summed E-state index contributed by atoms with van der Waals surface area (Å²) in [5.41, 5.74) is 2.30. The van der Waals surface area contributed by atoms with Gasteiger partial charge in [-0.2, -0.15) is 0 Å². The molecule has 166 valence electrons. The van der Waals surface area contributed by atoms with Gasteiger partial charge in [-0.25, -0.2) is 0 Å². The Morgan fingerprint density at radius 3 is 1.87 bits per heavy atom. The predicted molar refractivity (Wildman–Crippen MR) is 131 cm³/mol. The van der Waals surface area contributed by atoms with Crippen molar-refractivity contribution < 1.29 is 9.47 Å². The first-order valence-electron chi connectivity index (χ1n) is 11.8. The van der Waals surface area contributed by atoms with E-state index in [1.165, 1.54) is 61.1 Å². The molecule has 0 atom stereocenters. The first-order chi connectivity index (χ1) is 14.6. The summed E-state index contributed by atoms with van der Waals surface area (Å²) in [7, 11) is 1.70. The summed E-state index contributed by atoms with van der Waals surface area (Å²) in [6, 6.07) is 12.5. The van der Waals surface area contributed by atoms with Gasteiger partial charge >= 0.3 is 189 Å². The molecule has 1 heterocycles. The molecule has 2 rings (SSSR count). The Bertz CT molecular complexity index is 723. The Morgan fingerprint density at radius 2 is 1.37 bits per heavy atom. The summed E-state index contributed by atoms with van der Waals surface area (Å²) in [6.07, 6.45) is 7.80. The normalized spacial score (nSPS) is 11.5. The summed E-state index contributed by atoms with van der Waals surface area (Å²) >= 11 is -2.66. The van der Waals surface area contributed by atoms with E-state index in [1.54, 1.807) is 7.11 Å². The van der Waals surface area contributed by atoms with Crippen LogP contribution in [0.1, 0.15) is 70.6 Å². The Kier molecular flexibility index (Phi) is 11.0. The number of unbranched alkanes of at least 4 members (excludes halogenated alkanes) is 3. The van der Waals surface area contributed by atoms with Gasteiger partial charge in [-0.05, 0) is 0 Å². The van der Waals surface area contributed by atoms with Crippen LogP contribution in [0.4, 0.5) is 0 Å². The minimum atomic E-state index is -2.66. The number of hydrogen-bond acceptors (Lipinski definition) is 3. The van der Waals surface area contributed by atoms with Crippen molar-refractivity contribution in [1.82, 2.24) is 4.98 Å². The quantitative estimate of drug-likeness (QED) is 0.252. The molecule has 0 aliphatic rings. The zero-order valence-corrected chi connectivity index (χ0v) is 22.7. The number of benzene rings is 1. The van der Waals surface area contributed by atoms with Crippen molar-refractivity contribution in [2.24, 2.45) is 0 Å². The molecule has 0 saturated carbocycles. The second-order valence-corrected chi connectivity index (χ2v) is 21.5. The molecule has 0 saturated heterocycles. The van der Waals surface area contributed by atoms with Crippen LogP contribution in [0.15, 0.2) is 36.4 Å². The van der Waals surface area contributed by atoms with Gasteiger partial charge in [0.15, 0.2) is 0 Å². The Hall–Kier alpha value is -1.23. The van der Waals surface area contributed by atoms with Gasteiger partial charge < -0.3 is 0 Å². The third-order valence-electron chi connectivity index (χ3n) is 6.08. The summed E-state index contributed by atoms with van der Waals surface area (Å²) in [5, 5.41) is 0. The fourth-order valence-electron chi connectivity index (χ4n) is 4.20. The zero-order chi connectivity index (χ0) is 21.8. The number of nitrogens with zero attached hydrogens (tertiary/aromatic N) is 1. The molecule has 3 nitrogen and oxygen atoms in total.